The van der Waals surface area contributed by atoms with E-state index in [-0.39, 0.29) is 6.04 Å². The molecule has 0 amide bonds. The molecule has 1 unspecified atom stereocenters. The summed E-state index contributed by atoms with van der Waals surface area (Å²) in [6, 6.07) is 0.0485. The fraction of sp³-hybridized carbons (Fsp3) is 0.111. The maximum atomic E-state index is 5.63. The smallest absolute Gasteiger partial charge is 0.0416 e. The van der Waals surface area contributed by atoms with E-state index in [0.29, 0.717) is 0 Å². The highest BCUT2D eigenvalue weighted by atomic mass is 14.6. The second kappa shape index (κ2) is 3.85. The second-order valence-corrected chi connectivity index (χ2v) is 2.12. The molecule has 10 heavy (non-hydrogen) atoms. The van der Waals surface area contributed by atoms with E-state index in [1.54, 1.807) is 0 Å². The highest BCUT2D eigenvalue weighted by molar-refractivity contribution is 5.21. The SMILES string of the molecule is NC1C=C\C=C/C=C\C=C/1. The van der Waals surface area contributed by atoms with Crippen molar-refractivity contribution in [2.24, 2.45) is 5.73 Å². The van der Waals surface area contributed by atoms with E-state index in [0.717, 1.165) is 0 Å². The van der Waals surface area contributed by atoms with Crippen molar-refractivity contribution in [1.82, 2.24) is 0 Å². The van der Waals surface area contributed by atoms with Crippen molar-refractivity contribution < 1.29 is 0 Å². The minimum atomic E-state index is 0.0485. The summed E-state index contributed by atoms with van der Waals surface area (Å²) in [5.41, 5.74) is 5.63. The van der Waals surface area contributed by atoms with E-state index in [9.17, 15) is 0 Å². The van der Waals surface area contributed by atoms with Crippen molar-refractivity contribution in [3.63, 3.8) is 0 Å². The lowest BCUT2D eigenvalue weighted by atomic mass is 10.2. The van der Waals surface area contributed by atoms with Gasteiger partial charge in [-0.05, 0) is 0 Å². The normalized spacial score (nSPS) is 33.5. The molecule has 1 heteroatoms. The van der Waals surface area contributed by atoms with E-state index in [4.69, 9.17) is 5.73 Å². The number of allylic oxidation sites excluding steroid dienone is 6. The summed E-state index contributed by atoms with van der Waals surface area (Å²) in [6.07, 6.45) is 15.7. The number of nitrogens with two attached hydrogens (primary N) is 1. The van der Waals surface area contributed by atoms with Crippen molar-refractivity contribution in [3.05, 3.63) is 48.6 Å². The minimum absolute atomic E-state index is 0.0485. The maximum Gasteiger partial charge on any atom is 0.0416 e. The Morgan fingerprint density at radius 3 is 1.60 bits per heavy atom. The Balaban J connectivity index is 2.70. The summed E-state index contributed by atoms with van der Waals surface area (Å²) >= 11 is 0. The van der Waals surface area contributed by atoms with Crippen LogP contribution < -0.4 is 5.73 Å². The molecule has 2 N–H and O–H groups in total. The molecular weight excluding hydrogens is 122 g/mol. The molecule has 0 fully saturated rings. The number of hydrogen-bond donors (Lipinski definition) is 1. The Morgan fingerprint density at radius 1 is 0.700 bits per heavy atom. The zero-order valence-corrected chi connectivity index (χ0v) is 5.77. The lowest BCUT2D eigenvalue weighted by Gasteiger charge is -1.93. The van der Waals surface area contributed by atoms with Crippen LogP contribution in [0.2, 0.25) is 0 Å². The van der Waals surface area contributed by atoms with E-state index in [2.05, 4.69) is 0 Å². The molecule has 0 spiro atoms. The fourth-order valence-corrected chi connectivity index (χ4v) is 0.706. The molecular formula is C9H11N. The summed E-state index contributed by atoms with van der Waals surface area (Å²) in [5, 5.41) is 0. The van der Waals surface area contributed by atoms with Gasteiger partial charge in [-0.1, -0.05) is 48.6 Å². The number of rotatable bonds is 0. The summed E-state index contributed by atoms with van der Waals surface area (Å²) in [6.45, 7) is 0. The Hall–Kier alpha value is -1.08. The summed E-state index contributed by atoms with van der Waals surface area (Å²) in [7, 11) is 0. The third kappa shape index (κ3) is 2.46. The van der Waals surface area contributed by atoms with E-state index < -0.39 is 0 Å². The van der Waals surface area contributed by atoms with Crippen LogP contribution in [0.1, 0.15) is 0 Å². The van der Waals surface area contributed by atoms with Gasteiger partial charge in [0.2, 0.25) is 0 Å². The lowest BCUT2D eigenvalue weighted by molar-refractivity contribution is 1.03. The van der Waals surface area contributed by atoms with Gasteiger partial charge in [-0.15, -0.1) is 0 Å². The molecule has 1 aliphatic carbocycles. The van der Waals surface area contributed by atoms with Gasteiger partial charge in [0.25, 0.3) is 0 Å². The maximum absolute atomic E-state index is 5.63. The third-order valence-electron chi connectivity index (χ3n) is 1.22. The minimum Gasteiger partial charge on any atom is -0.321 e. The fourth-order valence-electron chi connectivity index (χ4n) is 0.706. The molecule has 0 aromatic carbocycles. The standard InChI is InChI=1S/C9H11N/c10-9-7-5-3-1-2-4-6-8-9/h1-9H,10H2/b3-1-,4-2-,7-5-,8-6?. The third-order valence-corrected chi connectivity index (χ3v) is 1.22. The molecule has 0 heterocycles. The van der Waals surface area contributed by atoms with Crippen LogP contribution in [0.4, 0.5) is 0 Å². The zero-order valence-electron chi connectivity index (χ0n) is 5.77. The van der Waals surface area contributed by atoms with Crippen molar-refractivity contribution >= 4 is 0 Å². The van der Waals surface area contributed by atoms with Gasteiger partial charge in [-0.2, -0.15) is 0 Å². The molecule has 0 radical (unpaired) electrons. The van der Waals surface area contributed by atoms with Crippen LogP contribution in [-0.4, -0.2) is 6.04 Å². The van der Waals surface area contributed by atoms with Crippen LogP contribution in [-0.2, 0) is 0 Å². The highest BCUT2D eigenvalue weighted by Crippen LogP contribution is 1.91. The largest absolute Gasteiger partial charge is 0.321 e. The van der Waals surface area contributed by atoms with Crippen molar-refractivity contribution in [3.8, 4) is 0 Å². The van der Waals surface area contributed by atoms with Gasteiger partial charge >= 0.3 is 0 Å². The first kappa shape index (κ1) is 7.03. The Bertz CT molecular complexity index is 175. The van der Waals surface area contributed by atoms with Gasteiger partial charge in [0.15, 0.2) is 0 Å². The molecule has 52 valence electrons. The Kier molecular flexibility index (Phi) is 2.71. The Labute approximate surface area is 61.2 Å². The molecule has 1 aliphatic rings. The molecule has 0 saturated carbocycles. The molecule has 0 aliphatic heterocycles. The number of hydrogen-bond acceptors (Lipinski definition) is 1. The van der Waals surface area contributed by atoms with Crippen molar-refractivity contribution in [2.75, 3.05) is 0 Å². The summed E-state index contributed by atoms with van der Waals surface area (Å²) in [4.78, 5) is 0. The van der Waals surface area contributed by atoms with E-state index in [1.165, 1.54) is 0 Å². The van der Waals surface area contributed by atoms with Crippen LogP contribution in [0.15, 0.2) is 48.6 Å². The van der Waals surface area contributed by atoms with Gasteiger partial charge in [0.1, 0.15) is 0 Å². The van der Waals surface area contributed by atoms with Crippen LogP contribution >= 0.6 is 0 Å². The molecule has 0 aromatic rings. The van der Waals surface area contributed by atoms with Crippen molar-refractivity contribution in [1.29, 1.82) is 0 Å². The summed E-state index contributed by atoms with van der Waals surface area (Å²) in [5.74, 6) is 0. The molecule has 1 rings (SSSR count). The lowest BCUT2D eigenvalue weighted by Crippen LogP contribution is -2.12. The van der Waals surface area contributed by atoms with Gasteiger partial charge in [-0.25, -0.2) is 0 Å². The highest BCUT2D eigenvalue weighted by Gasteiger charge is 1.85. The van der Waals surface area contributed by atoms with Crippen LogP contribution in [0.3, 0.4) is 0 Å². The molecule has 0 bridgehead atoms. The summed E-state index contributed by atoms with van der Waals surface area (Å²) < 4.78 is 0. The van der Waals surface area contributed by atoms with Crippen LogP contribution in [0.5, 0.6) is 0 Å². The van der Waals surface area contributed by atoms with Gasteiger partial charge in [0.05, 0.1) is 0 Å². The average molecular weight is 133 g/mol. The second-order valence-electron chi connectivity index (χ2n) is 2.12. The predicted molar refractivity (Wildman–Crippen MR) is 44.5 cm³/mol. The first-order valence-corrected chi connectivity index (χ1v) is 3.33. The first-order chi connectivity index (χ1) is 4.89. The van der Waals surface area contributed by atoms with E-state index >= 15 is 0 Å². The topological polar surface area (TPSA) is 26.0 Å². The van der Waals surface area contributed by atoms with Crippen LogP contribution in [0, 0.1) is 0 Å². The molecule has 1 atom stereocenters. The molecule has 0 saturated heterocycles. The zero-order chi connectivity index (χ0) is 7.23. The van der Waals surface area contributed by atoms with Gasteiger partial charge in [-0.3, -0.25) is 0 Å². The van der Waals surface area contributed by atoms with Crippen molar-refractivity contribution in [2.45, 2.75) is 6.04 Å². The predicted octanol–water partition coefficient (Wildman–Crippen LogP) is 1.55. The molecule has 1 nitrogen and oxygen atoms in total. The molecule has 0 aromatic heterocycles. The van der Waals surface area contributed by atoms with E-state index in [1.807, 2.05) is 48.6 Å². The average Bonchev–Trinajstić information content (AvgIpc) is 2.02. The van der Waals surface area contributed by atoms with Crippen LogP contribution in [0.25, 0.3) is 0 Å². The van der Waals surface area contributed by atoms with Gasteiger partial charge < -0.3 is 5.73 Å². The quantitative estimate of drug-likeness (QED) is 0.533. The first-order valence-electron chi connectivity index (χ1n) is 3.33. The monoisotopic (exact) mass is 133 g/mol. The Morgan fingerprint density at radius 2 is 1.10 bits per heavy atom. The van der Waals surface area contributed by atoms with Gasteiger partial charge in [0, 0.05) is 6.04 Å².